The molecule has 0 aromatic heterocycles. The van der Waals surface area contributed by atoms with Crippen LogP contribution < -0.4 is 10.4 Å². The van der Waals surface area contributed by atoms with Crippen molar-refractivity contribution in [1.82, 2.24) is 10.7 Å². The summed E-state index contributed by atoms with van der Waals surface area (Å²) in [4.78, 5) is 0. The third-order valence-corrected chi connectivity index (χ3v) is 2.60. The molecule has 1 aliphatic rings. The van der Waals surface area contributed by atoms with Gasteiger partial charge in [-0.15, -0.1) is 10.3 Å². The molecule has 0 saturated heterocycles. The van der Waals surface area contributed by atoms with Crippen molar-refractivity contribution >= 4 is 34.1 Å². The second-order valence-corrected chi connectivity index (χ2v) is 4.16. The van der Waals surface area contributed by atoms with Gasteiger partial charge in [-0.05, 0) is 19.1 Å². The first-order valence-electron chi connectivity index (χ1n) is 5.21. The van der Waals surface area contributed by atoms with Gasteiger partial charge in [-0.25, -0.2) is 0 Å². The Kier molecular flexibility index (Phi) is 3.76. The van der Waals surface area contributed by atoms with Crippen molar-refractivity contribution in [2.24, 2.45) is 5.10 Å². The molecule has 1 heterocycles. The van der Waals surface area contributed by atoms with Crippen molar-refractivity contribution < 1.29 is 0 Å². The highest BCUT2D eigenvalue weighted by molar-refractivity contribution is 6.69. The second kappa shape index (κ2) is 5.29. The Morgan fingerprint density at radius 3 is 2.59 bits per heavy atom. The molecule has 0 aliphatic carbocycles. The van der Waals surface area contributed by atoms with E-state index in [9.17, 15) is 0 Å². The van der Waals surface area contributed by atoms with Crippen molar-refractivity contribution in [2.45, 2.75) is 6.92 Å². The van der Waals surface area contributed by atoms with E-state index >= 15 is 0 Å². The molecule has 0 radical (unpaired) electrons. The van der Waals surface area contributed by atoms with Crippen LogP contribution in [0.5, 0.6) is 0 Å². The molecule has 1 aromatic carbocycles. The summed E-state index contributed by atoms with van der Waals surface area (Å²) in [6.45, 7) is 2.75. The quantitative estimate of drug-likeness (QED) is 0.857. The standard InChI is InChI=1S/C11H12Cl2N4/c1-2-16(9-6-4-3-5-7-9)17-14-10(12)8-11(13)15-17/h3-8,14H,2H2,1H3. The Labute approximate surface area is 110 Å². The molecule has 0 spiro atoms. The van der Waals surface area contributed by atoms with Gasteiger partial charge in [0.05, 0.1) is 5.69 Å². The van der Waals surface area contributed by atoms with Crippen LogP contribution in [0.25, 0.3) is 0 Å². The van der Waals surface area contributed by atoms with Gasteiger partial charge in [0.25, 0.3) is 0 Å². The Hall–Kier alpha value is -1.39. The second-order valence-electron chi connectivity index (χ2n) is 3.37. The van der Waals surface area contributed by atoms with Crippen LogP contribution in [0.2, 0.25) is 0 Å². The third-order valence-electron chi connectivity index (χ3n) is 2.23. The van der Waals surface area contributed by atoms with Gasteiger partial charge in [-0.1, -0.05) is 41.4 Å². The van der Waals surface area contributed by atoms with Crippen molar-refractivity contribution in [3.63, 3.8) is 0 Å². The molecule has 0 unspecified atom stereocenters. The number of hydrazone groups is 1. The minimum absolute atomic E-state index is 0.336. The van der Waals surface area contributed by atoms with Crippen LogP contribution >= 0.6 is 23.2 Å². The summed E-state index contributed by atoms with van der Waals surface area (Å²) >= 11 is 11.8. The van der Waals surface area contributed by atoms with E-state index in [1.54, 1.807) is 6.08 Å². The number of benzene rings is 1. The maximum absolute atomic E-state index is 5.91. The molecule has 0 fully saturated rings. The van der Waals surface area contributed by atoms with Crippen LogP contribution in [-0.2, 0) is 0 Å². The first-order chi connectivity index (χ1) is 8.20. The molecule has 4 nitrogen and oxygen atoms in total. The lowest BCUT2D eigenvalue weighted by molar-refractivity contribution is 0.205. The highest BCUT2D eigenvalue weighted by atomic mass is 35.5. The average Bonchev–Trinajstić information content (AvgIpc) is 2.30. The maximum atomic E-state index is 5.91. The minimum atomic E-state index is 0.336. The molecule has 90 valence electrons. The number of para-hydroxylation sites is 1. The van der Waals surface area contributed by atoms with Crippen molar-refractivity contribution in [1.29, 1.82) is 0 Å². The van der Waals surface area contributed by atoms with E-state index in [1.165, 1.54) is 5.23 Å². The van der Waals surface area contributed by atoms with Gasteiger partial charge in [0.1, 0.15) is 5.16 Å². The number of nitrogens with zero attached hydrogens (tertiary/aromatic N) is 3. The van der Waals surface area contributed by atoms with Gasteiger partial charge >= 0.3 is 0 Å². The monoisotopic (exact) mass is 270 g/mol. The molecule has 1 aromatic rings. The van der Waals surface area contributed by atoms with E-state index in [0.717, 1.165) is 12.2 Å². The Morgan fingerprint density at radius 1 is 1.29 bits per heavy atom. The molecule has 2 rings (SSSR count). The molecular weight excluding hydrogens is 259 g/mol. The SMILES string of the molecule is CCN(c1ccccc1)N1N=C(Cl)C=C(Cl)N1. The first-order valence-corrected chi connectivity index (χ1v) is 5.97. The molecular formula is C11H12Cl2N4. The number of hydrogen-bond donors (Lipinski definition) is 1. The minimum Gasteiger partial charge on any atom is -0.251 e. The summed E-state index contributed by atoms with van der Waals surface area (Å²) in [5.41, 5.74) is 3.91. The Morgan fingerprint density at radius 2 is 2.00 bits per heavy atom. The number of hydrazine groups is 2. The average molecular weight is 271 g/mol. The normalized spacial score (nSPS) is 14.9. The third kappa shape index (κ3) is 2.84. The zero-order valence-corrected chi connectivity index (χ0v) is 10.8. The van der Waals surface area contributed by atoms with Crippen LogP contribution in [0.15, 0.2) is 46.7 Å². The zero-order valence-electron chi connectivity index (χ0n) is 9.27. The largest absolute Gasteiger partial charge is 0.251 e. The highest BCUT2D eigenvalue weighted by Gasteiger charge is 2.17. The molecule has 0 saturated carbocycles. The summed E-state index contributed by atoms with van der Waals surface area (Å²) in [6.07, 6.45) is 1.55. The number of anilines is 1. The summed E-state index contributed by atoms with van der Waals surface area (Å²) in [6, 6.07) is 9.86. The molecule has 0 atom stereocenters. The molecule has 6 heteroatoms. The Balaban J connectivity index is 2.24. The number of halogens is 2. The highest BCUT2D eigenvalue weighted by Crippen LogP contribution is 2.18. The molecule has 0 amide bonds. The van der Waals surface area contributed by atoms with Crippen molar-refractivity contribution in [3.8, 4) is 0 Å². The zero-order chi connectivity index (χ0) is 12.3. The fourth-order valence-electron chi connectivity index (χ4n) is 1.52. The maximum Gasteiger partial charge on any atom is 0.156 e. The van der Waals surface area contributed by atoms with Crippen molar-refractivity contribution in [3.05, 3.63) is 41.6 Å². The smallest absolute Gasteiger partial charge is 0.156 e. The van der Waals surface area contributed by atoms with Crippen molar-refractivity contribution in [2.75, 3.05) is 11.6 Å². The molecule has 0 bridgehead atoms. The first kappa shape index (κ1) is 12.1. The molecule has 1 aliphatic heterocycles. The van der Waals surface area contributed by atoms with Gasteiger partial charge in [0, 0.05) is 12.6 Å². The predicted molar refractivity (Wildman–Crippen MR) is 71.7 cm³/mol. The molecule has 17 heavy (non-hydrogen) atoms. The number of hydrogen-bond acceptors (Lipinski definition) is 4. The van der Waals surface area contributed by atoms with Crippen LogP contribution in [0, 0.1) is 0 Å². The predicted octanol–water partition coefficient (Wildman–Crippen LogP) is 2.88. The topological polar surface area (TPSA) is 30.9 Å². The lowest BCUT2D eigenvalue weighted by Gasteiger charge is -2.34. The fourth-order valence-corrected chi connectivity index (χ4v) is 1.93. The summed E-state index contributed by atoms with van der Waals surface area (Å²) in [5.74, 6) is 0. The van der Waals surface area contributed by atoms with E-state index in [2.05, 4.69) is 10.5 Å². The number of allylic oxidation sites excluding steroid dienone is 1. The van der Waals surface area contributed by atoms with E-state index in [-0.39, 0.29) is 0 Å². The van der Waals surface area contributed by atoms with E-state index in [0.29, 0.717) is 10.3 Å². The number of nitrogens with one attached hydrogen (secondary N) is 1. The van der Waals surface area contributed by atoms with E-state index < -0.39 is 0 Å². The lowest BCUT2D eigenvalue weighted by Crippen LogP contribution is -2.48. The van der Waals surface area contributed by atoms with Gasteiger partial charge in [0.15, 0.2) is 5.17 Å². The summed E-state index contributed by atoms with van der Waals surface area (Å²) < 4.78 is 0. The molecule has 1 N–H and O–H groups in total. The van der Waals surface area contributed by atoms with Gasteiger partial charge in [-0.3, -0.25) is 10.4 Å². The fraction of sp³-hybridized carbons (Fsp3) is 0.182. The van der Waals surface area contributed by atoms with Crippen LogP contribution in [-0.4, -0.2) is 16.9 Å². The summed E-state index contributed by atoms with van der Waals surface area (Å²) in [7, 11) is 0. The van der Waals surface area contributed by atoms with E-state index in [4.69, 9.17) is 23.2 Å². The van der Waals surface area contributed by atoms with Crippen LogP contribution in [0.1, 0.15) is 6.92 Å². The summed E-state index contributed by atoms with van der Waals surface area (Å²) in [5, 5.41) is 8.36. The Bertz CT molecular complexity index is 444. The van der Waals surface area contributed by atoms with E-state index in [1.807, 2.05) is 42.3 Å². The van der Waals surface area contributed by atoms with Crippen LogP contribution in [0.4, 0.5) is 5.69 Å². The number of rotatable bonds is 3. The van der Waals surface area contributed by atoms with Crippen LogP contribution in [0.3, 0.4) is 0 Å². The van der Waals surface area contributed by atoms with Gasteiger partial charge in [0.2, 0.25) is 0 Å². The van der Waals surface area contributed by atoms with Gasteiger partial charge < -0.3 is 0 Å². The lowest BCUT2D eigenvalue weighted by atomic mass is 10.3. The van der Waals surface area contributed by atoms with Gasteiger partial charge in [-0.2, -0.15) is 0 Å².